The Morgan fingerprint density at radius 3 is 2.24 bits per heavy atom. The molecule has 0 aromatic carbocycles. The van der Waals surface area contributed by atoms with Crippen molar-refractivity contribution < 1.29 is 19.4 Å². The molecule has 5 nitrogen and oxygen atoms in total. The number of hydrogen-bond donors (Lipinski definition) is 1. The van der Waals surface area contributed by atoms with E-state index in [9.17, 15) is 14.7 Å². The molecule has 0 heterocycles. The Morgan fingerprint density at radius 2 is 2.00 bits per heavy atom. The molecule has 1 atom stereocenters. The van der Waals surface area contributed by atoms with Crippen LogP contribution in [0.15, 0.2) is 0 Å². The van der Waals surface area contributed by atoms with Gasteiger partial charge in [-0.15, -0.1) is 0 Å². The van der Waals surface area contributed by atoms with Gasteiger partial charge in [-0.05, 0) is 18.8 Å². The monoisotopic (exact) mass is 243 g/mol. The van der Waals surface area contributed by atoms with Gasteiger partial charge in [0.15, 0.2) is 5.54 Å². The summed E-state index contributed by atoms with van der Waals surface area (Å²) in [6.45, 7) is 5.07. The zero-order valence-corrected chi connectivity index (χ0v) is 10.9. The maximum absolute atomic E-state index is 11.8. The first kappa shape index (κ1) is 14.0. The molecule has 17 heavy (non-hydrogen) atoms. The number of hydrogen-bond acceptors (Lipinski definition) is 3. The van der Waals surface area contributed by atoms with Crippen molar-refractivity contribution in [2.45, 2.75) is 45.2 Å². The quantitative estimate of drug-likeness (QED) is 0.759. The highest BCUT2D eigenvalue weighted by Gasteiger charge is 2.53. The zero-order chi connectivity index (χ0) is 13.2. The van der Waals surface area contributed by atoms with E-state index < -0.39 is 11.5 Å². The summed E-state index contributed by atoms with van der Waals surface area (Å²) in [5.41, 5.74) is -1.25. The first-order chi connectivity index (χ1) is 7.87. The smallest absolute Gasteiger partial charge is 0.332 e. The number of aliphatic carboxylic acids is 1. The van der Waals surface area contributed by atoms with Gasteiger partial charge in [0.25, 0.3) is 0 Å². The molecule has 0 radical (unpaired) electrons. The number of rotatable bonds is 6. The summed E-state index contributed by atoms with van der Waals surface area (Å²) >= 11 is 0. The summed E-state index contributed by atoms with van der Waals surface area (Å²) in [6, 6.07) is 0.0566. The molecule has 1 unspecified atom stereocenters. The Labute approximate surface area is 102 Å². The van der Waals surface area contributed by atoms with Crippen LogP contribution < -0.4 is 0 Å². The number of ether oxygens (including phenoxy) is 1. The van der Waals surface area contributed by atoms with E-state index in [1.807, 2.05) is 13.8 Å². The van der Waals surface area contributed by atoms with Crippen molar-refractivity contribution >= 4 is 11.9 Å². The molecule has 1 N–H and O–H groups in total. The molecule has 1 aliphatic carbocycles. The van der Waals surface area contributed by atoms with Gasteiger partial charge in [-0.1, -0.05) is 13.8 Å². The molecular formula is C12H21NO4. The lowest BCUT2D eigenvalue weighted by atomic mass is 9.84. The average Bonchev–Trinajstić information content (AvgIpc) is 2.99. The second-order valence-corrected chi connectivity index (χ2v) is 4.94. The van der Waals surface area contributed by atoms with Crippen LogP contribution in [0.4, 0.5) is 0 Å². The molecule has 1 aliphatic rings. The minimum absolute atomic E-state index is 0.0239. The van der Waals surface area contributed by atoms with Crippen molar-refractivity contribution in [2.24, 2.45) is 5.92 Å². The minimum Gasteiger partial charge on any atom is -0.479 e. The number of methoxy groups -OCH3 is 1. The number of carbonyl (C=O) groups excluding carboxylic acids is 1. The summed E-state index contributed by atoms with van der Waals surface area (Å²) in [7, 11) is 1.46. The Bertz CT molecular complexity index is 312. The normalized spacial score (nSPS) is 18.9. The van der Waals surface area contributed by atoms with E-state index in [0.717, 1.165) is 12.8 Å². The fourth-order valence-electron chi connectivity index (χ4n) is 2.34. The fraction of sp³-hybridized carbons (Fsp3) is 0.833. The van der Waals surface area contributed by atoms with Crippen LogP contribution in [0.1, 0.15) is 33.6 Å². The van der Waals surface area contributed by atoms with E-state index in [-0.39, 0.29) is 24.5 Å². The van der Waals surface area contributed by atoms with Crippen LogP contribution in [0.2, 0.25) is 0 Å². The number of nitrogens with zero attached hydrogens (tertiary/aromatic N) is 1. The Kier molecular flexibility index (Phi) is 4.14. The molecule has 1 saturated carbocycles. The van der Waals surface area contributed by atoms with E-state index in [4.69, 9.17) is 4.74 Å². The lowest BCUT2D eigenvalue weighted by Crippen LogP contribution is -2.63. The molecule has 1 amide bonds. The zero-order valence-electron chi connectivity index (χ0n) is 10.9. The van der Waals surface area contributed by atoms with E-state index >= 15 is 0 Å². The summed E-state index contributed by atoms with van der Waals surface area (Å²) in [4.78, 5) is 24.9. The number of amides is 1. The summed E-state index contributed by atoms with van der Waals surface area (Å²) < 4.78 is 5.06. The van der Waals surface area contributed by atoms with Gasteiger partial charge in [-0.25, -0.2) is 4.79 Å². The largest absolute Gasteiger partial charge is 0.479 e. The van der Waals surface area contributed by atoms with E-state index in [0.29, 0.717) is 0 Å². The number of carbonyl (C=O) groups is 2. The highest BCUT2D eigenvalue weighted by atomic mass is 16.5. The first-order valence-electron chi connectivity index (χ1n) is 5.90. The topological polar surface area (TPSA) is 66.8 Å². The van der Waals surface area contributed by atoms with Gasteiger partial charge in [0.05, 0.1) is 6.61 Å². The predicted molar refractivity (Wildman–Crippen MR) is 62.6 cm³/mol. The van der Waals surface area contributed by atoms with Crippen LogP contribution in [0.25, 0.3) is 0 Å². The molecule has 0 aliphatic heterocycles. The Hall–Kier alpha value is -1.10. The van der Waals surface area contributed by atoms with E-state index in [2.05, 4.69) is 0 Å². The molecule has 0 aromatic rings. The van der Waals surface area contributed by atoms with Crippen molar-refractivity contribution in [1.82, 2.24) is 4.90 Å². The summed E-state index contributed by atoms with van der Waals surface area (Å²) in [5.74, 6) is -1.39. The maximum Gasteiger partial charge on any atom is 0.332 e. The fourth-order valence-corrected chi connectivity index (χ4v) is 2.34. The van der Waals surface area contributed by atoms with Gasteiger partial charge in [0.1, 0.15) is 0 Å². The third kappa shape index (κ3) is 2.44. The third-order valence-electron chi connectivity index (χ3n) is 3.37. The lowest BCUT2D eigenvalue weighted by molar-refractivity contribution is -0.168. The van der Waals surface area contributed by atoms with Gasteiger partial charge >= 0.3 is 5.97 Å². The van der Waals surface area contributed by atoms with Gasteiger partial charge in [-0.2, -0.15) is 0 Å². The molecule has 0 saturated heterocycles. The molecule has 0 aromatic heterocycles. The molecule has 1 rings (SSSR count). The molecule has 5 heteroatoms. The Morgan fingerprint density at radius 1 is 1.47 bits per heavy atom. The molecule has 98 valence electrons. The van der Waals surface area contributed by atoms with Gasteiger partial charge < -0.3 is 14.7 Å². The summed E-state index contributed by atoms with van der Waals surface area (Å²) in [6.07, 6.45) is 1.76. The van der Waals surface area contributed by atoms with Crippen molar-refractivity contribution in [2.75, 3.05) is 13.7 Å². The van der Waals surface area contributed by atoms with Crippen LogP contribution in [0.5, 0.6) is 0 Å². The number of carboxylic acids is 1. The standard InChI is InChI=1S/C12H21NO4/c1-8(2)12(7-17-4,11(15)16)13(9(3)14)10-5-6-10/h8,10H,5-7H2,1-4H3,(H,15,16). The van der Waals surface area contributed by atoms with E-state index in [1.165, 1.54) is 18.9 Å². The van der Waals surface area contributed by atoms with Crippen LogP contribution in [0, 0.1) is 5.92 Å². The van der Waals surface area contributed by atoms with Crippen molar-refractivity contribution in [1.29, 1.82) is 0 Å². The number of carboxylic acid groups (broad SMARTS) is 1. The van der Waals surface area contributed by atoms with Crippen molar-refractivity contribution in [3.05, 3.63) is 0 Å². The SMILES string of the molecule is COCC(C(=O)O)(C(C)C)N(C(C)=O)C1CC1. The van der Waals surface area contributed by atoms with Crippen LogP contribution in [-0.4, -0.2) is 47.2 Å². The van der Waals surface area contributed by atoms with Gasteiger partial charge in [0.2, 0.25) is 5.91 Å². The second kappa shape index (κ2) is 5.04. The molecular weight excluding hydrogens is 222 g/mol. The van der Waals surface area contributed by atoms with Crippen molar-refractivity contribution in [3.63, 3.8) is 0 Å². The highest BCUT2D eigenvalue weighted by Crippen LogP contribution is 2.37. The van der Waals surface area contributed by atoms with E-state index in [1.54, 1.807) is 0 Å². The minimum atomic E-state index is -1.25. The third-order valence-corrected chi connectivity index (χ3v) is 3.37. The van der Waals surface area contributed by atoms with Gasteiger partial charge in [0, 0.05) is 20.1 Å². The van der Waals surface area contributed by atoms with Crippen LogP contribution in [0.3, 0.4) is 0 Å². The second-order valence-electron chi connectivity index (χ2n) is 4.94. The Balaban J connectivity index is 3.16. The van der Waals surface area contributed by atoms with Crippen LogP contribution >= 0.6 is 0 Å². The van der Waals surface area contributed by atoms with Crippen LogP contribution in [-0.2, 0) is 14.3 Å². The first-order valence-corrected chi connectivity index (χ1v) is 5.90. The molecule has 1 fully saturated rings. The van der Waals surface area contributed by atoms with Gasteiger partial charge in [-0.3, -0.25) is 4.79 Å². The summed E-state index contributed by atoms with van der Waals surface area (Å²) in [5, 5.41) is 9.55. The van der Waals surface area contributed by atoms with Crippen molar-refractivity contribution in [3.8, 4) is 0 Å². The molecule has 0 bridgehead atoms. The molecule has 0 spiro atoms. The maximum atomic E-state index is 11.8. The highest BCUT2D eigenvalue weighted by molar-refractivity contribution is 5.87. The lowest BCUT2D eigenvalue weighted by Gasteiger charge is -2.43. The average molecular weight is 243 g/mol. The predicted octanol–water partition coefficient (Wildman–Crippen LogP) is 1.12.